The maximum Gasteiger partial charge on any atom is 0.266 e. The third kappa shape index (κ3) is 5.43. The largest absolute Gasteiger partial charge is 0.476 e. The Kier molecular flexibility index (Phi) is 6.61. The number of hydrogen-bond donors (Lipinski definition) is 1. The van der Waals surface area contributed by atoms with E-state index in [1.807, 2.05) is 84.9 Å². The van der Waals surface area contributed by atoms with Gasteiger partial charge in [0.1, 0.15) is 5.75 Å². The second kappa shape index (κ2) is 9.55. The lowest BCUT2D eigenvalue weighted by molar-refractivity contribution is -0.128. The van der Waals surface area contributed by atoms with Crippen molar-refractivity contribution < 1.29 is 14.3 Å². The van der Waals surface area contributed by atoms with Crippen LogP contribution in [0.3, 0.4) is 0 Å². The zero-order valence-electron chi connectivity index (χ0n) is 15.3. The second-order valence-electron chi connectivity index (χ2n) is 6.19. The number of methoxy groups -OCH3 is 1. The van der Waals surface area contributed by atoms with Gasteiger partial charge in [-0.05, 0) is 23.3 Å². The van der Waals surface area contributed by atoms with Crippen molar-refractivity contribution in [3.8, 4) is 5.75 Å². The molecule has 0 aliphatic carbocycles. The smallest absolute Gasteiger partial charge is 0.266 e. The molecule has 0 aliphatic rings. The Bertz CT molecular complexity index is 833. The fourth-order valence-corrected chi connectivity index (χ4v) is 2.74. The summed E-state index contributed by atoms with van der Waals surface area (Å²) < 4.78 is 11.1. The van der Waals surface area contributed by atoms with Crippen molar-refractivity contribution in [3.63, 3.8) is 0 Å². The van der Waals surface area contributed by atoms with E-state index in [2.05, 4.69) is 5.32 Å². The highest BCUT2D eigenvalue weighted by Crippen LogP contribution is 2.22. The minimum atomic E-state index is -0.707. The lowest BCUT2D eigenvalue weighted by Gasteiger charge is -2.19. The molecular formula is C23H23NO3. The Morgan fingerprint density at radius 3 is 2.07 bits per heavy atom. The van der Waals surface area contributed by atoms with E-state index in [4.69, 9.17) is 9.47 Å². The molecular weight excluding hydrogens is 338 g/mol. The maximum absolute atomic E-state index is 12.8. The van der Waals surface area contributed by atoms with Crippen LogP contribution >= 0.6 is 0 Å². The highest BCUT2D eigenvalue weighted by molar-refractivity contribution is 5.82. The molecule has 0 aromatic heterocycles. The molecule has 138 valence electrons. The molecule has 4 heteroatoms. The monoisotopic (exact) mass is 361 g/mol. The molecule has 0 aliphatic heterocycles. The maximum atomic E-state index is 12.8. The summed E-state index contributed by atoms with van der Waals surface area (Å²) in [5.41, 5.74) is 2.94. The van der Waals surface area contributed by atoms with Gasteiger partial charge < -0.3 is 14.8 Å². The molecule has 0 saturated carbocycles. The first-order valence-electron chi connectivity index (χ1n) is 8.87. The third-order valence-corrected chi connectivity index (χ3v) is 4.14. The van der Waals surface area contributed by atoms with Gasteiger partial charge in [-0.3, -0.25) is 4.79 Å². The number of ether oxygens (including phenoxy) is 2. The summed E-state index contributed by atoms with van der Waals surface area (Å²) in [4.78, 5) is 12.8. The Hall–Kier alpha value is -3.11. The van der Waals surface area contributed by atoms with Gasteiger partial charge in [-0.25, -0.2) is 0 Å². The summed E-state index contributed by atoms with van der Waals surface area (Å²) in [5, 5.41) is 2.97. The van der Waals surface area contributed by atoms with Gasteiger partial charge >= 0.3 is 0 Å². The van der Waals surface area contributed by atoms with Crippen molar-refractivity contribution in [1.29, 1.82) is 0 Å². The van der Waals surface area contributed by atoms with E-state index in [1.165, 1.54) is 0 Å². The quantitative estimate of drug-likeness (QED) is 0.652. The van der Waals surface area contributed by atoms with Crippen molar-refractivity contribution in [2.75, 3.05) is 7.11 Å². The van der Waals surface area contributed by atoms with Crippen LogP contribution in [0.15, 0.2) is 84.9 Å². The topological polar surface area (TPSA) is 47.6 Å². The molecule has 0 fully saturated rings. The fraction of sp³-hybridized carbons (Fsp3) is 0.174. The first-order chi connectivity index (χ1) is 13.3. The van der Waals surface area contributed by atoms with Gasteiger partial charge in [0.05, 0.1) is 6.61 Å². The Labute approximate surface area is 159 Å². The number of benzene rings is 3. The van der Waals surface area contributed by atoms with E-state index >= 15 is 0 Å². The van der Waals surface area contributed by atoms with Crippen LogP contribution in [-0.4, -0.2) is 13.0 Å². The molecule has 0 saturated heterocycles. The van der Waals surface area contributed by atoms with Crippen molar-refractivity contribution in [1.82, 2.24) is 5.32 Å². The lowest BCUT2D eigenvalue weighted by atomic mass is 10.1. The van der Waals surface area contributed by atoms with Crippen LogP contribution in [0.2, 0.25) is 0 Å². The summed E-state index contributed by atoms with van der Waals surface area (Å²) >= 11 is 0. The van der Waals surface area contributed by atoms with Gasteiger partial charge in [-0.1, -0.05) is 72.8 Å². The standard InChI is InChI=1S/C23H23NO3/c1-26-17-19-14-12-18(13-15-19)16-24-23(25)22(20-8-4-2-5-9-20)27-21-10-6-3-7-11-21/h2-15,22H,16-17H2,1H3,(H,24,25). The van der Waals surface area contributed by atoms with Crippen LogP contribution in [0.4, 0.5) is 0 Å². The molecule has 3 rings (SSSR count). The number of nitrogens with one attached hydrogen (secondary N) is 1. The summed E-state index contributed by atoms with van der Waals surface area (Å²) in [6.45, 7) is 1.02. The van der Waals surface area contributed by atoms with Gasteiger partial charge in [0.25, 0.3) is 5.91 Å². The molecule has 0 heterocycles. The summed E-state index contributed by atoms with van der Waals surface area (Å²) in [6, 6.07) is 26.9. The SMILES string of the molecule is COCc1ccc(CNC(=O)C(Oc2ccccc2)c2ccccc2)cc1. The fourth-order valence-electron chi connectivity index (χ4n) is 2.74. The highest BCUT2D eigenvalue weighted by Gasteiger charge is 2.22. The number of hydrogen-bond acceptors (Lipinski definition) is 3. The number of amides is 1. The highest BCUT2D eigenvalue weighted by atomic mass is 16.5. The van der Waals surface area contributed by atoms with Crippen molar-refractivity contribution in [3.05, 3.63) is 102 Å². The molecule has 3 aromatic rings. The van der Waals surface area contributed by atoms with Gasteiger partial charge in [0, 0.05) is 19.2 Å². The Morgan fingerprint density at radius 1 is 0.852 bits per heavy atom. The molecule has 1 unspecified atom stereocenters. The Morgan fingerprint density at radius 2 is 1.44 bits per heavy atom. The van der Waals surface area contributed by atoms with E-state index in [9.17, 15) is 4.79 Å². The average molecular weight is 361 g/mol. The van der Waals surface area contributed by atoms with Crippen LogP contribution in [0.1, 0.15) is 22.8 Å². The van der Waals surface area contributed by atoms with Crippen molar-refractivity contribution >= 4 is 5.91 Å². The van der Waals surface area contributed by atoms with Crippen molar-refractivity contribution in [2.45, 2.75) is 19.3 Å². The van der Waals surface area contributed by atoms with E-state index in [0.29, 0.717) is 18.9 Å². The second-order valence-corrected chi connectivity index (χ2v) is 6.19. The average Bonchev–Trinajstić information content (AvgIpc) is 2.73. The van der Waals surface area contributed by atoms with Crippen LogP contribution in [0.5, 0.6) is 5.75 Å². The summed E-state index contributed by atoms with van der Waals surface area (Å²) in [6.07, 6.45) is -0.707. The minimum Gasteiger partial charge on any atom is -0.476 e. The molecule has 1 atom stereocenters. The third-order valence-electron chi connectivity index (χ3n) is 4.14. The molecule has 0 bridgehead atoms. The number of para-hydroxylation sites is 1. The molecule has 3 aromatic carbocycles. The van der Waals surface area contributed by atoms with Gasteiger partial charge in [-0.2, -0.15) is 0 Å². The van der Waals surface area contributed by atoms with Gasteiger partial charge in [0.15, 0.2) is 0 Å². The molecule has 4 nitrogen and oxygen atoms in total. The normalized spacial score (nSPS) is 11.6. The molecule has 27 heavy (non-hydrogen) atoms. The van der Waals surface area contributed by atoms with Crippen molar-refractivity contribution in [2.24, 2.45) is 0 Å². The molecule has 1 N–H and O–H groups in total. The van der Waals surface area contributed by atoms with E-state index < -0.39 is 6.10 Å². The zero-order valence-corrected chi connectivity index (χ0v) is 15.3. The first-order valence-corrected chi connectivity index (χ1v) is 8.87. The van der Waals surface area contributed by atoms with E-state index in [1.54, 1.807) is 7.11 Å². The van der Waals surface area contributed by atoms with Gasteiger partial charge in [-0.15, -0.1) is 0 Å². The lowest BCUT2D eigenvalue weighted by Crippen LogP contribution is -2.32. The first kappa shape index (κ1) is 18.7. The van der Waals surface area contributed by atoms with Crippen LogP contribution < -0.4 is 10.1 Å². The predicted molar refractivity (Wildman–Crippen MR) is 105 cm³/mol. The number of carbonyl (C=O) groups is 1. The Balaban J connectivity index is 1.69. The summed E-state index contributed by atoms with van der Waals surface area (Å²) in [7, 11) is 1.67. The molecule has 0 spiro atoms. The van der Waals surface area contributed by atoms with Crippen LogP contribution in [0.25, 0.3) is 0 Å². The molecule has 1 amide bonds. The number of rotatable bonds is 8. The molecule has 0 radical (unpaired) electrons. The zero-order chi connectivity index (χ0) is 18.9. The number of carbonyl (C=O) groups excluding carboxylic acids is 1. The summed E-state index contributed by atoms with van der Waals surface area (Å²) in [5.74, 6) is 0.483. The minimum absolute atomic E-state index is 0.175. The predicted octanol–water partition coefficient (Wildman–Crippen LogP) is 4.27. The van der Waals surface area contributed by atoms with E-state index in [-0.39, 0.29) is 5.91 Å². The van der Waals surface area contributed by atoms with Crippen LogP contribution in [-0.2, 0) is 22.7 Å². The van der Waals surface area contributed by atoms with Crippen LogP contribution in [0, 0.1) is 0 Å². The van der Waals surface area contributed by atoms with E-state index in [0.717, 1.165) is 16.7 Å². The van der Waals surface area contributed by atoms with Gasteiger partial charge in [0.2, 0.25) is 6.10 Å².